The number of nitrogens with one attached hydrogen (secondary N) is 1. The summed E-state index contributed by atoms with van der Waals surface area (Å²) in [5.74, 6) is -0.413. The number of carbonyl (C=O) groups excluding carboxylic acids is 2. The van der Waals surface area contributed by atoms with E-state index in [0.717, 1.165) is 22.5 Å². The Bertz CT molecular complexity index is 1480. The smallest absolute Gasteiger partial charge is 0.268 e. The van der Waals surface area contributed by atoms with Gasteiger partial charge >= 0.3 is 0 Å². The van der Waals surface area contributed by atoms with E-state index in [2.05, 4.69) is 5.32 Å². The lowest BCUT2D eigenvalue weighted by atomic mass is 10.1. The summed E-state index contributed by atoms with van der Waals surface area (Å²) >= 11 is 1.37. The van der Waals surface area contributed by atoms with Crippen molar-refractivity contribution in [1.29, 1.82) is 0 Å². The third-order valence-corrected chi connectivity index (χ3v) is 6.70. The fraction of sp³-hybridized carbons (Fsp3) is 0.0690. The van der Waals surface area contributed by atoms with Crippen molar-refractivity contribution < 1.29 is 9.59 Å². The molecule has 3 aromatic carbocycles. The van der Waals surface area contributed by atoms with Crippen molar-refractivity contribution in [3.63, 3.8) is 0 Å². The monoisotopic (exact) mass is 492 g/mol. The normalized spacial score (nSPS) is 10.7. The lowest BCUT2D eigenvalue weighted by Crippen LogP contribution is -2.30. The quantitative estimate of drug-likeness (QED) is 0.312. The van der Waals surface area contributed by atoms with Gasteiger partial charge in [-0.1, -0.05) is 66.7 Å². The summed E-state index contributed by atoms with van der Waals surface area (Å²) in [4.78, 5) is 28.3. The van der Waals surface area contributed by atoms with Crippen LogP contribution < -0.4 is 10.2 Å². The summed E-state index contributed by atoms with van der Waals surface area (Å²) in [5.41, 5.74) is 4.58. The second-order valence-electron chi connectivity index (χ2n) is 8.19. The number of hydrogen-bond acceptors (Lipinski definition) is 4. The van der Waals surface area contributed by atoms with Crippen LogP contribution in [0.5, 0.6) is 0 Å². The van der Waals surface area contributed by atoms with Crippen LogP contribution in [0, 0.1) is 0 Å². The Hall–Kier alpha value is -4.49. The Kier molecular flexibility index (Phi) is 6.73. The molecule has 2 amide bonds. The first-order valence-electron chi connectivity index (χ1n) is 11.5. The maximum atomic E-state index is 13.3. The molecule has 0 spiro atoms. The lowest BCUT2D eigenvalue weighted by molar-refractivity contribution is 0.0951. The molecule has 0 saturated heterocycles. The van der Waals surface area contributed by atoms with Crippen LogP contribution in [-0.4, -0.2) is 28.6 Å². The van der Waals surface area contributed by atoms with E-state index in [9.17, 15) is 9.59 Å². The molecule has 5 rings (SSSR count). The first-order chi connectivity index (χ1) is 17.6. The minimum Gasteiger partial charge on any atom is -0.348 e. The summed E-state index contributed by atoms with van der Waals surface area (Å²) in [6, 6.07) is 30.5. The lowest BCUT2D eigenvalue weighted by Gasteiger charge is -2.20. The Morgan fingerprint density at radius 3 is 2.31 bits per heavy atom. The molecule has 6 nitrogen and oxygen atoms in total. The summed E-state index contributed by atoms with van der Waals surface area (Å²) in [6.45, 7) is 0.285. The maximum absolute atomic E-state index is 13.3. The van der Waals surface area contributed by atoms with Crippen LogP contribution in [0.4, 0.5) is 5.69 Å². The van der Waals surface area contributed by atoms with Crippen LogP contribution in [-0.2, 0) is 6.54 Å². The number of hydrogen-bond donors (Lipinski definition) is 1. The van der Waals surface area contributed by atoms with E-state index < -0.39 is 0 Å². The Morgan fingerprint density at radius 2 is 1.58 bits per heavy atom. The average Bonchev–Trinajstić information content (AvgIpc) is 3.63. The molecule has 0 aliphatic heterocycles. The number of rotatable bonds is 7. The van der Waals surface area contributed by atoms with Crippen LogP contribution >= 0.6 is 11.3 Å². The summed E-state index contributed by atoms with van der Waals surface area (Å²) in [7, 11) is 1.69. The van der Waals surface area contributed by atoms with Crippen molar-refractivity contribution >= 4 is 28.8 Å². The molecule has 0 bridgehead atoms. The fourth-order valence-electron chi connectivity index (χ4n) is 3.99. The molecular formula is C29H24N4O2S. The third-order valence-electron chi connectivity index (χ3n) is 5.84. The van der Waals surface area contributed by atoms with E-state index in [1.807, 2.05) is 89.1 Å². The molecule has 36 heavy (non-hydrogen) atoms. The number of aromatic nitrogens is 2. The van der Waals surface area contributed by atoms with Gasteiger partial charge in [-0.15, -0.1) is 11.3 Å². The average molecular weight is 493 g/mol. The molecule has 0 aliphatic rings. The molecule has 2 aromatic heterocycles. The zero-order valence-electron chi connectivity index (χ0n) is 19.7. The molecule has 0 atom stereocenters. The van der Waals surface area contributed by atoms with Gasteiger partial charge in [0.2, 0.25) is 0 Å². The van der Waals surface area contributed by atoms with E-state index in [4.69, 9.17) is 5.10 Å². The number of para-hydroxylation sites is 2. The number of nitrogens with zero attached hydrogens (tertiary/aromatic N) is 3. The summed E-state index contributed by atoms with van der Waals surface area (Å²) in [5, 5.41) is 9.70. The van der Waals surface area contributed by atoms with Gasteiger partial charge in [0, 0.05) is 30.9 Å². The van der Waals surface area contributed by atoms with Crippen molar-refractivity contribution in [2.45, 2.75) is 6.54 Å². The van der Waals surface area contributed by atoms with Crippen molar-refractivity contribution in [2.75, 3.05) is 11.9 Å². The summed E-state index contributed by atoms with van der Waals surface area (Å²) in [6.07, 6.45) is 1.94. The van der Waals surface area contributed by atoms with Gasteiger partial charge in [-0.3, -0.25) is 9.59 Å². The SMILES string of the molecule is CN(C(=O)c1cccs1)c1ccccc1C(=O)NCc1cn(-c2ccccc2)nc1-c1ccccc1. The fourth-order valence-corrected chi connectivity index (χ4v) is 4.69. The highest BCUT2D eigenvalue weighted by Crippen LogP contribution is 2.25. The van der Waals surface area contributed by atoms with Gasteiger partial charge in [0.1, 0.15) is 0 Å². The van der Waals surface area contributed by atoms with Crippen molar-refractivity contribution in [3.05, 3.63) is 125 Å². The predicted molar refractivity (Wildman–Crippen MR) is 144 cm³/mol. The van der Waals surface area contributed by atoms with Gasteiger partial charge in [-0.05, 0) is 35.7 Å². The Morgan fingerprint density at radius 1 is 0.889 bits per heavy atom. The van der Waals surface area contributed by atoms with Crippen molar-refractivity contribution in [1.82, 2.24) is 15.1 Å². The predicted octanol–water partition coefficient (Wildman–Crippen LogP) is 5.81. The van der Waals surface area contributed by atoms with E-state index in [1.165, 1.54) is 16.2 Å². The highest BCUT2D eigenvalue weighted by Gasteiger charge is 2.21. The van der Waals surface area contributed by atoms with Gasteiger partial charge < -0.3 is 10.2 Å². The first kappa shape index (κ1) is 23.3. The van der Waals surface area contributed by atoms with Gasteiger partial charge in [0.15, 0.2) is 0 Å². The van der Waals surface area contributed by atoms with Crippen LogP contribution in [0.25, 0.3) is 16.9 Å². The zero-order valence-corrected chi connectivity index (χ0v) is 20.5. The van der Waals surface area contributed by atoms with E-state index in [-0.39, 0.29) is 18.4 Å². The molecule has 1 N–H and O–H groups in total. The number of benzene rings is 3. The van der Waals surface area contributed by atoms with Gasteiger partial charge in [-0.25, -0.2) is 4.68 Å². The minimum atomic E-state index is -0.261. The molecule has 5 aromatic rings. The molecule has 178 valence electrons. The molecule has 7 heteroatoms. The molecule has 0 radical (unpaired) electrons. The molecule has 0 fully saturated rings. The van der Waals surface area contributed by atoms with E-state index >= 15 is 0 Å². The topological polar surface area (TPSA) is 67.2 Å². The number of carbonyl (C=O) groups is 2. The van der Waals surface area contributed by atoms with Crippen molar-refractivity contribution in [2.24, 2.45) is 0 Å². The van der Waals surface area contributed by atoms with Gasteiger partial charge in [0.05, 0.1) is 27.5 Å². The third kappa shape index (κ3) is 4.82. The Balaban J connectivity index is 1.41. The van der Waals surface area contributed by atoms with Crippen LogP contribution in [0.3, 0.4) is 0 Å². The molecule has 0 saturated carbocycles. The molecule has 0 aliphatic carbocycles. The van der Waals surface area contributed by atoms with Crippen molar-refractivity contribution in [3.8, 4) is 16.9 Å². The van der Waals surface area contributed by atoms with Gasteiger partial charge in [0.25, 0.3) is 11.8 Å². The number of amides is 2. The maximum Gasteiger partial charge on any atom is 0.268 e. The summed E-state index contributed by atoms with van der Waals surface area (Å²) < 4.78 is 1.82. The molecule has 0 unspecified atom stereocenters. The number of thiophene rings is 1. The second kappa shape index (κ2) is 10.4. The van der Waals surface area contributed by atoms with E-state index in [0.29, 0.717) is 16.1 Å². The Labute approximate surface area is 213 Å². The second-order valence-corrected chi connectivity index (χ2v) is 9.14. The molecular weight excluding hydrogens is 468 g/mol. The zero-order chi connectivity index (χ0) is 24.9. The van der Waals surface area contributed by atoms with Gasteiger partial charge in [-0.2, -0.15) is 5.10 Å². The highest BCUT2D eigenvalue weighted by molar-refractivity contribution is 7.12. The first-order valence-corrected chi connectivity index (χ1v) is 12.4. The largest absolute Gasteiger partial charge is 0.348 e. The standard InChI is InChI=1S/C29H24N4O2S/c1-32(29(35)26-17-10-18-36-26)25-16-9-8-15-24(25)28(34)30-19-22-20-33(23-13-6-3-7-14-23)31-27(22)21-11-4-2-5-12-21/h2-18,20H,19H2,1H3,(H,30,34). The highest BCUT2D eigenvalue weighted by atomic mass is 32.1. The van der Waals surface area contributed by atoms with Crippen LogP contribution in [0.1, 0.15) is 25.6 Å². The van der Waals surface area contributed by atoms with E-state index in [1.54, 1.807) is 31.3 Å². The van der Waals surface area contributed by atoms with Crippen LogP contribution in [0.2, 0.25) is 0 Å². The molecule has 2 heterocycles. The minimum absolute atomic E-state index is 0.152. The van der Waals surface area contributed by atoms with Crippen LogP contribution in [0.15, 0.2) is 109 Å². The number of anilines is 1.